The third-order valence-corrected chi connectivity index (χ3v) is 8.19. The number of halogens is 4. The fourth-order valence-corrected chi connectivity index (χ4v) is 5.00. The molecule has 1 aromatic rings. The van der Waals surface area contributed by atoms with Crippen molar-refractivity contribution in [3.05, 3.63) is 34.3 Å². The molecule has 0 aliphatic rings. The van der Waals surface area contributed by atoms with Crippen LogP contribution in [0, 0.1) is 11.8 Å². The summed E-state index contributed by atoms with van der Waals surface area (Å²) < 4.78 is 59.5. The van der Waals surface area contributed by atoms with Crippen LogP contribution in [0.5, 0.6) is 0 Å². The van der Waals surface area contributed by atoms with Gasteiger partial charge in [0.2, 0.25) is 5.91 Å². The van der Waals surface area contributed by atoms with Crippen molar-refractivity contribution in [3.8, 4) is 0 Å². The lowest BCUT2D eigenvalue weighted by Gasteiger charge is -2.23. The molecule has 0 aliphatic carbocycles. The van der Waals surface area contributed by atoms with Gasteiger partial charge in [0.05, 0.1) is 84.3 Å². The van der Waals surface area contributed by atoms with Crippen LogP contribution in [0.4, 0.5) is 13.2 Å². The van der Waals surface area contributed by atoms with Crippen LogP contribution in [0.3, 0.4) is 0 Å². The Kier molecular flexibility index (Phi) is 30.1. The molecule has 1 amide bonds. The molecular formula is C36H53BrF3N2O15-. The lowest BCUT2D eigenvalue weighted by molar-refractivity contribution is -0.344. The maximum Gasteiger partial charge on any atom is 0.430 e. The highest BCUT2D eigenvalue weighted by Crippen LogP contribution is 2.20. The van der Waals surface area contributed by atoms with Gasteiger partial charge in [-0.15, -0.1) is 0 Å². The Morgan fingerprint density at radius 1 is 0.702 bits per heavy atom. The third-order valence-electron chi connectivity index (χ3n) is 7.67. The molecule has 0 heterocycles. The molecule has 57 heavy (non-hydrogen) atoms. The number of nitrogens with two attached hydrogens (primary N) is 1. The summed E-state index contributed by atoms with van der Waals surface area (Å²) in [6.07, 6.45) is -5.35. The zero-order valence-corrected chi connectivity index (χ0v) is 33.2. The Morgan fingerprint density at radius 3 is 1.56 bits per heavy atom. The number of carbonyl (C=O) groups is 6. The van der Waals surface area contributed by atoms with Crippen LogP contribution in [0.15, 0.2) is 28.7 Å². The van der Waals surface area contributed by atoms with Gasteiger partial charge in [-0.1, -0.05) is 34.5 Å². The minimum Gasteiger partial charge on any atom is -0.542 e. The van der Waals surface area contributed by atoms with E-state index in [1.165, 1.54) is 0 Å². The lowest BCUT2D eigenvalue weighted by atomic mass is 9.90. The van der Waals surface area contributed by atoms with E-state index < -0.39 is 60.5 Å². The summed E-state index contributed by atoms with van der Waals surface area (Å²) >= 11 is 3.41. The van der Waals surface area contributed by atoms with Gasteiger partial charge in [-0.05, 0) is 37.0 Å². The average Bonchev–Trinajstić information content (AvgIpc) is 3.14. The second kappa shape index (κ2) is 32.3. The first kappa shape index (κ1) is 53.3. The molecule has 5 N–H and O–H groups in total. The number of carbonyl (C=O) groups excluding carboxylic acids is 3. The number of hydrogen-bond donors (Lipinski definition) is 4. The number of hydrogen-bond acceptors (Lipinski definition) is 13. The number of amides is 1. The molecule has 2 atom stereocenters. The number of rotatable bonds is 33. The first-order valence-electron chi connectivity index (χ1n) is 18.1. The fraction of sp³-hybridized carbons (Fsp3) is 0.667. The van der Waals surface area contributed by atoms with Crippen LogP contribution in [0.1, 0.15) is 56.9 Å². The molecule has 0 radical (unpaired) electrons. The van der Waals surface area contributed by atoms with Gasteiger partial charge in [0.1, 0.15) is 11.8 Å². The molecule has 0 saturated heterocycles. The lowest BCUT2D eigenvalue weighted by Crippen LogP contribution is -2.37. The first-order valence-corrected chi connectivity index (χ1v) is 18.8. The molecule has 1 aromatic carbocycles. The monoisotopic (exact) mass is 889 g/mol. The molecule has 21 heteroatoms. The molecule has 0 spiro atoms. The van der Waals surface area contributed by atoms with Gasteiger partial charge in [-0.3, -0.25) is 24.0 Å². The van der Waals surface area contributed by atoms with Gasteiger partial charge in [-0.25, -0.2) is 0 Å². The van der Waals surface area contributed by atoms with Crippen LogP contribution < -0.4 is 10.8 Å². The number of unbranched alkanes of at least 4 members (excludes halogenated alkanes) is 1. The third kappa shape index (κ3) is 30.1. The fourth-order valence-electron chi connectivity index (χ4n) is 4.73. The molecule has 0 saturated carbocycles. The predicted octanol–water partition coefficient (Wildman–Crippen LogP) is 2.29. The van der Waals surface area contributed by atoms with Crippen molar-refractivity contribution < 1.29 is 86.0 Å². The zero-order valence-electron chi connectivity index (χ0n) is 31.6. The second-order valence-corrected chi connectivity index (χ2v) is 13.2. The van der Waals surface area contributed by atoms with Crippen LogP contribution in [0.25, 0.3) is 0 Å². The van der Waals surface area contributed by atoms with Gasteiger partial charge in [0, 0.05) is 43.4 Å². The topological polar surface area (TPSA) is 262 Å². The normalized spacial score (nSPS) is 12.2. The number of Topliss-reactive ketones (excluding diaryl/α,β-unsaturated/α-hetero) is 1. The van der Waals surface area contributed by atoms with Gasteiger partial charge >= 0.3 is 24.1 Å². The number of carboxylic acid groups (broad SMARTS) is 4. The summed E-state index contributed by atoms with van der Waals surface area (Å²) in [5.41, 5.74) is 6.26. The summed E-state index contributed by atoms with van der Waals surface area (Å²) in [6.45, 7) is 5.28. The Morgan fingerprint density at radius 2 is 1.14 bits per heavy atom. The van der Waals surface area contributed by atoms with Gasteiger partial charge in [0.15, 0.2) is 0 Å². The number of ketones is 1. The Bertz CT molecular complexity index is 1320. The number of ether oxygens (including phenoxy) is 5. The van der Waals surface area contributed by atoms with Crippen molar-refractivity contribution in [1.82, 2.24) is 4.90 Å². The summed E-state index contributed by atoms with van der Waals surface area (Å²) in [5.74, 6) is -9.50. The van der Waals surface area contributed by atoms with E-state index in [0.29, 0.717) is 91.9 Å². The van der Waals surface area contributed by atoms with Crippen molar-refractivity contribution in [3.63, 3.8) is 0 Å². The highest BCUT2D eigenvalue weighted by atomic mass is 79.9. The Hall–Kier alpha value is -3.73. The van der Waals surface area contributed by atoms with E-state index in [2.05, 4.69) is 15.9 Å². The highest BCUT2D eigenvalue weighted by Gasteiger charge is 2.29. The number of nitrogens with zero attached hydrogens (tertiary/aromatic N) is 1. The maximum atomic E-state index is 13.1. The Labute approximate surface area is 337 Å². The van der Waals surface area contributed by atoms with Crippen molar-refractivity contribution in [2.75, 3.05) is 79.2 Å². The maximum absolute atomic E-state index is 13.1. The van der Waals surface area contributed by atoms with E-state index in [1.807, 2.05) is 24.3 Å². The van der Waals surface area contributed by atoms with E-state index >= 15 is 0 Å². The summed E-state index contributed by atoms with van der Waals surface area (Å²) in [6, 6.07) is 7.57. The minimum atomic E-state index is -5.19. The summed E-state index contributed by atoms with van der Waals surface area (Å²) in [5, 5.41) is 36.6. The zero-order chi connectivity index (χ0) is 43.1. The van der Waals surface area contributed by atoms with Gasteiger partial charge < -0.3 is 59.5 Å². The van der Waals surface area contributed by atoms with Crippen LogP contribution in [0.2, 0.25) is 0 Å². The molecule has 0 aromatic heterocycles. The van der Waals surface area contributed by atoms with Crippen LogP contribution in [-0.2, 0) is 59.0 Å². The summed E-state index contributed by atoms with van der Waals surface area (Å²) in [4.78, 5) is 70.2. The number of alkyl halides is 3. The number of carboxylic acids is 4. The minimum absolute atomic E-state index is 0.124. The molecule has 0 bridgehead atoms. The second-order valence-electron chi connectivity index (χ2n) is 12.3. The van der Waals surface area contributed by atoms with Crippen molar-refractivity contribution in [2.45, 2.75) is 64.1 Å². The summed E-state index contributed by atoms with van der Waals surface area (Å²) in [7, 11) is 0. The molecule has 1 rings (SSSR count). The van der Waals surface area contributed by atoms with Crippen molar-refractivity contribution in [1.29, 1.82) is 0 Å². The van der Waals surface area contributed by atoms with Crippen LogP contribution >= 0.6 is 15.9 Å². The SMILES string of the molecule is NCCOCCOCCOCCOCCOCCC(=O)N(CCCC[C@H](CC(=O)C[C@@H](CCC(=O)O)C(=O)O)C(=O)O)Cc1ccc(Br)cc1.O=C([O-])C(F)(F)F. The molecule has 17 nitrogen and oxygen atoms in total. The van der Waals surface area contributed by atoms with Gasteiger partial charge in [0.25, 0.3) is 0 Å². The largest absolute Gasteiger partial charge is 0.542 e. The molecule has 0 fully saturated rings. The molecular weight excluding hydrogens is 837 g/mol. The average molecular weight is 891 g/mol. The smallest absolute Gasteiger partial charge is 0.430 e. The van der Waals surface area contributed by atoms with Crippen molar-refractivity contribution in [2.24, 2.45) is 17.6 Å². The van der Waals surface area contributed by atoms with Crippen molar-refractivity contribution >= 4 is 51.5 Å². The van der Waals surface area contributed by atoms with Gasteiger partial charge in [-0.2, -0.15) is 13.2 Å². The standard InChI is InChI=1S/C34H53BrN2O13.C2HF3O2/c35-29-7-4-26(5-8-29)25-37(31(39)10-13-46-15-17-48-19-21-50-22-20-49-18-16-47-14-11-36)12-2-1-3-27(33(42)43)23-30(38)24-28(34(44)45)6-9-32(40)41;3-2(4,5)1(6)7/h4-5,7-8,27-28H,1-3,6,9-25,36H2,(H,40,41)(H,42,43)(H,44,45);(H,6,7)/p-1/t27-,28-;/m1./s1. The van der Waals surface area contributed by atoms with E-state index in [1.54, 1.807) is 4.90 Å². The quantitative estimate of drug-likeness (QED) is 0.0738. The number of aliphatic carboxylic acids is 4. The van der Waals surface area contributed by atoms with E-state index in [9.17, 15) is 47.4 Å². The molecule has 0 aliphatic heterocycles. The van der Waals surface area contributed by atoms with Crippen LogP contribution in [-0.4, -0.2) is 141 Å². The highest BCUT2D eigenvalue weighted by molar-refractivity contribution is 9.10. The molecule has 0 unspecified atom stereocenters. The Balaban J connectivity index is 0.00000407. The first-order chi connectivity index (χ1) is 27.0. The van der Waals surface area contributed by atoms with E-state index in [4.69, 9.17) is 44.4 Å². The van der Waals surface area contributed by atoms with E-state index in [-0.39, 0.29) is 38.2 Å². The molecule has 326 valence electrons. The van der Waals surface area contributed by atoms with E-state index in [0.717, 1.165) is 10.0 Å². The predicted molar refractivity (Wildman–Crippen MR) is 196 cm³/mol. The number of benzene rings is 1.